The van der Waals surface area contributed by atoms with Crippen LogP contribution < -0.4 is 10.6 Å². The van der Waals surface area contributed by atoms with Crippen LogP contribution in [-0.2, 0) is 36.7 Å². The summed E-state index contributed by atoms with van der Waals surface area (Å²) in [6.07, 6.45) is 5.17. The maximum Gasteiger partial charge on any atom is 0.408 e. The third-order valence-corrected chi connectivity index (χ3v) is 8.73. The van der Waals surface area contributed by atoms with Gasteiger partial charge in [0.25, 0.3) is 0 Å². The van der Waals surface area contributed by atoms with Gasteiger partial charge in [0.2, 0.25) is 11.8 Å². The van der Waals surface area contributed by atoms with Crippen LogP contribution in [0.5, 0.6) is 5.75 Å². The molecule has 3 amide bonds. The molecular weight excluding hydrogens is 682 g/mol. The van der Waals surface area contributed by atoms with E-state index >= 15 is 4.79 Å². The van der Waals surface area contributed by atoms with E-state index in [4.69, 9.17) is 9.47 Å². The molecule has 10 nitrogen and oxygen atoms in total. The average Bonchev–Trinajstić information content (AvgIpc) is 3.09. The van der Waals surface area contributed by atoms with Crippen LogP contribution in [0.1, 0.15) is 115 Å². The van der Waals surface area contributed by atoms with E-state index in [0.29, 0.717) is 17.5 Å². The number of esters is 1. The number of phenols is 1. The topological polar surface area (TPSA) is 134 Å². The first-order valence-electron chi connectivity index (χ1n) is 19.2. The Morgan fingerprint density at radius 1 is 0.685 bits per heavy atom. The summed E-state index contributed by atoms with van der Waals surface area (Å²) in [4.78, 5) is 58.4. The molecule has 0 saturated heterocycles. The second-order valence-corrected chi connectivity index (χ2v) is 15.9. The van der Waals surface area contributed by atoms with Gasteiger partial charge in [-0.15, -0.1) is 0 Å². The number of ether oxygens (including phenoxy) is 2. The van der Waals surface area contributed by atoms with Gasteiger partial charge in [0, 0.05) is 19.4 Å². The van der Waals surface area contributed by atoms with Crippen molar-refractivity contribution in [3.63, 3.8) is 0 Å². The molecule has 0 saturated carbocycles. The molecule has 294 valence electrons. The lowest BCUT2D eigenvalue weighted by Crippen LogP contribution is -2.55. The van der Waals surface area contributed by atoms with Gasteiger partial charge in [0.05, 0.1) is 0 Å². The molecule has 0 aliphatic heterocycles. The smallest absolute Gasteiger partial charge is 0.408 e. The number of alkyl carbamates (subject to hydrolysis) is 1. The zero-order valence-corrected chi connectivity index (χ0v) is 33.4. The van der Waals surface area contributed by atoms with Crippen LogP contribution in [0.15, 0.2) is 78.9 Å². The van der Waals surface area contributed by atoms with Crippen molar-refractivity contribution in [3.8, 4) is 5.75 Å². The van der Waals surface area contributed by atoms with Gasteiger partial charge in [-0.2, -0.15) is 0 Å². The normalized spacial score (nSPS) is 13.3. The summed E-state index contributed by atoms with van der Waals surface area (Å²) in [7, 11) is 0. The van der Waals surface area contributed by atoms with Crippen molar-refractivity contribution in [2.45, 2.75) is 136 Å². The Bertz CT molecular complexity index is 1650. The molecule has 0 aliphatic carbocycles. The Morgan fingerprint density at radius 3 is 1.85 bits per heavy atom. The van der Waals surface area contributed by atoms with E-state index in [1.807, 2.05) is 61.5 Å². The maximum atomic E-state index is 15.0. The molecule has 3 N–H and O–H groups in total. The molecule has 0 aliphatic rings. The lowest BCUT2D eigenvalue weighted by Gasteiger charge is -2.36. The Kier molecular flexibility index (Phi) is 16.6. The molecule has 0 bridgehead atoms. The van der Waals surface area contributed by atoms with Crippen LogP contribution in [-0.4, -0.2) is 63.7 Å². The van der Waals surface area contributed by atoms with Crippen molar-refractivity contribution in [2.75, 3.05) is 6.54 Å². The van der Waals surface area contributed by atoms with Gasteiger partial charge < -0.3 is 30.1 Å². The van der Waals surface area contributed by atoms with Gasteiger partial charge in [-0.1, -0.05) is 106 Å². The Labute approximate surface area is 322 Å². The Morgan fingerprint density at radius 2 is 1.24 bits per heavy atom. The number of rotatable bonds is 18. The summed E-state index contributed by atoms with van der Waals surface area (Å²) in [5.41, 5.74) is 1.26. The van der Waals surface area contributed by atoms with Crippen molar-refractivity contribution < 1.29 is 33.8 Å². The fourth-order valence-electron chi connectivity index (χ4n) is 6.16. The Hall–Kier alpha value is -4.86. The zero-order valence-electron chi connectivity index (χ0n) is 33.4. The number of amides is 3. The van der Waals surface area contributed by atoms with Crippen molar-refractivity contribution in [2.24, 2.45) is 0 Å². The molecule has 3 atom stereocenters. The van der Waals surface area contributed by atoms with Gasteiger partial charge in [-0.05, 0) is 89.3 Å². The number of nitrogens with zero attached hydrogens (tertiary/aromatic N) is 1. The van der Waals surface area contributed by atoms with Gasteiger partial charge in [0.15, 0.2) is 0 Å². The number of carbonyl (C=O) groups excluding carboxylic acids is 4. The SMILES string of the molecule is CCCCCCCCN(C(=O)C(Cc1ccc(O)cc1)NC(=O)OC(C)(C)C)C(C(=O)NC(Cc1ccccc1)C(=O)OC(C)(C)C)c1ccccc1C. The highest BCUT2D eigenvalue weighted by Crippen LogP contribution is 2.28. The number of benzene rings is 3. The third-order valence-electron chi connectivity index (χ3n) is 8.73. The third kappa shape index (κ3) is 14.9. The summed E-state index contributed by atoms with van der Waals surface area (Å²) in [5, 5.41) is 15.7. The average molecular weight is 744 g/mol. The summed E-state index contributed by atoms with van der Waals surface area (Å²) in [6, 6.07) is 19.8. The number of phenolic OH excluding ortho intramolecular Hbond substituents is 1. The van der Waals surface area contributed by atoms with Gasteiger partial charge >= 0.3 is 12.1 Å². The second kappa shape index (κ2) is 20.6. The van der Waals surface area contributed by atoms with E-state index in [9.17, 15) is 19.5 Å². The number of hydrogen-bond donors (Lipinski definition) is 3. The van der Waals surface area contributed by atoms with E-state index in [1.165, 1.54) is 17.0 Å². The van der Waals surface area contributed by atoms with Crippen molar-refractivity contribution in [1.82, 2.24) is 15.5 Å². The molecule has 0 aromatic heterocycles. The van der Waals surface area contributed by atoms with Gasteiger partial charge in [-0.3, -0.25) is 9.59 Å². The molecule has 0 fully saturated rings. The standard InChI is InChI=1S/C44H61N3O7/c1-9-10-11-12-13-19-28-47(40(50)36(46-42(52)54-44(6,7)8)29-33-24-26-34(48)27-25-33)38(35-23-18-17-20-31(35)2)39(49)45-37(41(51)53-43(3,4)5)30-32-21-15-14-16-22-32/h14-18,20-27,36-38,48H,9-13,19,28-30H2,1-8H3,(H,45,49)(H,46,52). The van der Waals surface area contributed by atoms with Crippen LogP contribution >= 0.6 is 0 Å². The summed E-state index contributed by atoms with van der Waals surface area (Å²) < 4.78 is 11.4. The largest absolute Gasteiger partial charge is 0.508 e. The van der Waals surface area contributed by atoms with E-state index in [1.54, 1.807) is 53.7 Å². The van der Waals surface area contributed by atoms with Gasteiger partial charge in [-0.25, -0.2) is 9.59 Å². The van der Waals surface area contributed by atoms with Crippen molar-refractivity contribution >= 4 is 23.9 Å². The number of aryl methyl sites for hydroxylation is 1. The minimum absolute atomic E-state index is 0.0674. The van der Waals surface area contributed by atoms with E-state index < -0.39 is 53.2 Å². The first-order chi connectivity index (χ1) is 25.5. The molecule has 3 aromatic rings. The molecule has 0 heterocycles. The molecule has 3 aromatic carbocycles. The predicted molar refractivity (Wildman–Crippen MR) is 212 cm³/mol. The lowest BCUT2D eigenvalue weighted by molar-refractivity contribution is -0.159. The first kappa shape index (κ1) is 43.5. The molecule has 3 rings (SSSR count). The lowest BCUT2D eigenvalue weighted by atomic mass is 9.96. The molecule has 3 unspecified atom stereocenters. The fourth-order valence-corrected chi connectivity index (χ4v) is 6.16. The summed E-state index contributed by atoms with van der Waals surface area (Å²) in [5.74, 6) is -1.55. The molecular formula is C44H61N3O7. The monoisotopic (exact) mass is 743 g/mol. The minimum atomic E-state index is -1.15. The number of hydrogen-bond acceptors (Lipinski definition) is 7. The molecule has 0 spiro atoms. The fraction of sp³-hybridized carbons (Fsp3) is 0.500. The second-order valence-electron chi connectivity index (χ2n) is 15.9. The number of nitrogens with one attached hydrogen (secondary N) is 2. The quantitative estimate of drug-likeness (QED) is 0.0885. The molecule has 10 heteroatoms. The van der Waals surface area contributed by atoms with Crippen LogP contribution in [0.2, 0.25) is 0 Å². The maximum absolute atomic E-state index is 15.0. The van der Waals surface area contributed by atoms with Gasteiger partial charge in [0.1, 0.15) is 35.1 Å². The highest BCUT2D eigenvalue weighted by atomic mass is 16.6. The molecule has 54 heavy (non-hydrogen) atoms. The van der Waals surface area contributed by atoms with Crippen LogP contribution in [0, 0.1) is 6.92 Å². The highest BCUT2D eigenvalue weighted by molar-refractivity contribution is 5.94. The van der Waals surface area contributed by atoms with E-state index in [2.05, 4.69) is 17.6 Å². The van der Waals surface area contributed by atoms with Crippen LogP contribution in [0.25, 0.3) is 0 Å². The van der Waals surface area contributed by atoms with E-state index in [-0.39, 0.29) is 25.1 Å². The minimum Gasteiger partial charge on any atom is -0.508 e. The van der Waals surface area contributed by atoms with E-state index in [0.717, 1.165) is 43.2 Å². The van der Waals surface area contributed by atoms with Crippen LogP contribution in [0.4, 0.5) is 4.79 Å². The zero-order chi connectivity index (χ0) is 39.9. The number of aromatic hydroxyl groups is 1. The van der Waals surface area contributed by atoms with Crippen molar-refractivity contribution in [3.05, 3.63) is 101 Å². The number of unbranched alkanes of at least 4 members (excludes halogenated alkanes) is 5. The van der Waals surface area contributed by atoms with Crippen molar-refractivity contribution in [1.29, 1.82) is 0 Å². The number of carbonyl (C=O) groups is 4. The summed E-state index contributed by atoms with van der Waals surface area (Å²) >= 11 is 0. The van der Waals surface area contributed by atoms with Crippen LogP contribution in [0.3, 0.4) is 0 Å². The molecule has 0 radical (unpaired) electrons. The Balaban J connectivity index is 2.13. The first-order valence-corrected chi connectivity index (χ1v) is 19.2. The predicted octanol–water partition coefficient (Wildman–Crippen LogP) is 8.14. The summed E-state index contributed by atoms with van der Waals surface area (Å²) in [6.45, 7) is 14.8. The highest BCUT2D eigenvalue weighted by Gasteiger charge is 2.39.